The van der Waals surface area contributed by atoms with E-state index < -0.39 is 9.24 Å². The van der Waals surface area contributed by atoms with Crippen LogP contribution in [0.5, 0.6) is 0 Å². The molecule has 15 heavy (non-hydrogen) atoms. The molecule has 0 saturated carbocycles. The van der Waals surface area contributed by atoms with Crippen molar-refractivity contribution in [2.24, 2.45) is 0 Å². The molecule has 0 aliphatic carbocycles. The van der Waals surface area contributed by atoms with Crippen LogP contribution in [0, 0.1) is 0 Å². The average molecular weight is 256 g/mol. The molecule has 0 aromatic rings. The summed E-state index contributed by atoms with van der Waals surface area (Å²) in [5.74, 6) is 0. The fourth-order valence-corrected chi connectivity index (χ4v) is 3.05. The third-order valence-electron chi connectivity index (χ3n) is 3.09. The Bertz CT molecular complexity index is 300. The molecule has 0 bridgehead atoms. The first-order valence-electron chi connectivity index (χ1n) is 5.26. The normalized spacial score (nSPS) is 26.5. The maximum atomic E-state index is 10.9. The zero-order valence-corrected chi connectivity index (χ0v) is 10.7. The van der Waals surface area contributed by atoms with Crippen LogP contribution in [0.25, 0.3) is 0 Å². The van der Waals surface area contributed by atoms with Crippen molar-refractivity contribution in [1.29, 1.82) is 0 Å². The minimum absolute atomic E-state index is 0.0962. The topological polar surface area (TPSA) is 55.4 Å². The predicted molar refractivity (Wildman–Crippen MR) is 60.2 cm³/mol. The summed E-state index contributed by atoms with van der Waals surface area (Å²) in [4.78, 5) is 0. The van der Waals surface area contributed by atoms with Gasteiger partial charge in [0, 0.05) is 23.3 Å². The molecule has 1 aliphatic heterocycles. The number of halogens is 1. The van der Waals surface area contributed by atoms with Crippen molar-refractivity contribution >= 4 is 19.9 Å². The minimum atomic E-state index is -3.62. The Kier molecular flexibility index (Phi) is 4.40. The van der Waals surface area contributed by atoms with Crippen LogP contribution in [0.2, 0.25) is 0 Å². The molecule has 1 saturated heterocycles. The van der Waals surface area contributed by atoms with Crippen molar-refractivity contribution in [2.45, 2.75) is 51.2 Å². The van der Waals surface area contributed by atoms with Crippen molar-refractivity contribution < 1.29 is 13.2 Å². The molecule has 0 spiro atoms. The third kappa shape index (κ3) is 3.90. The molecular weight excluding hydrogens is 238 g/mol. The van der Waals surface area contributed by atoms with E-state index in [1.807, 2.05) is 0 Å². The van der Waals surface area contributed by atoms with Gasteiger partial charge in [-0.2, -0.15) is 13.1 Å². The summed E-state index contributed by atoms with van der Waals surface area (Å²) in [7, 11) is 1.54. The van der Waals surface area contributed by atoms with Gasteiger partial charge in [0.2, 0.25) is 0 Å². The molecule has 0 amide bonds. The molecule has 0 aromatic carbocycles. The van der Waals surface area contributed by atoms with E-state index in [0.29, 0.717) is 19.4 Å². The summed E-state index contributed by atoms with van der Waals surface area (Å²) in [6.07, 6.45) is 3.17. The molecule has 1 N–H and O–H groups in total. The van der Waals surface area contributed by atoms with E-state index in [-0.39, 0.29) is 11.6 Å². The molecular formula is C9H18ClNO3S. The zero-order chi connectivity index (χ0) is 11.5. The minimum Gasteiger partial charge on any atom is -0.375 e. The lowest BCUT2D eigenvalue weighted by atomic mass is 9.86. The Morgan fingerprint density at radius 3 is 2.53 bits per heavy atom. The van der Waals surface area contributed by atoms with Crippen molar-refractivity contribution in [3.05, 3.63) is 0 Å². The van der Waals surface area contributed by atoms with Crippen molar-refractivity contribution in [3.63, 3.8) is 0 Å². The Morgan fingerprint density at radius 2 is 2.07 bits per heavy atom. The van der Waals surface area contributed by atoms with Gasteiger partial charge in [0.1, 0.15) is 0 Å². The number of hydrogen-bond acceptors (Lipinski definition) is 3. The van der Waals surface area contributed by atoms with Gasteiger partial charge >= 0.3 is 0 Å². The highest BCUT2D eigenvalue weighted by atomic mass is 35.7. The Morgan fingerprint density at radius 1 is 1.47 bits per heavy atom. The van der Waals surface area contributed by atoms with Crippen LogP contribution in [-0.4, -0.2) is 26.7 Å². The van der Waals surface area contributed by atoms with Gasteiger partial charge in [0.05, 0.1) is 5.60 Å². The number of ether oxygens (including phenoxy) is 1. The standard InChI is InChI=1S/C9H18ClNO3S/c1-3-9(4-2)7-8(5-6-14-9)11-15(10,12)13/h8,11H,3-7H2,1-2H3. The molecule has 1 atom stereocenters. The second-order valence-corrected chi connectivity index (χ2v) is 6.31. The van der Waals surface area contributed by atoms with E-state index in [0.717, 1.165) is 12.8 Å². The van der Waals surface area contributed by atoms with Crippen LogP contribution in [0.3, 0.4) is 0 Å². The van der Waals surface area contributed by atoms with Gasteiger partial charge in [-0.15, -0.1) is 0 Å². The Hall–Kier alpha value is 0.160. The lowest BCUT2D eigenvalue weighted by molar-refractivity contribution is -0.0904. The molecule has 1 heterocycles. The first kappa shape index (κ1) is 13.2. The average Bonchev–Trinajstić information content (AvgIpc) is 2.15. The number of hydrogen-bond donors (Lipinski definition) is 1. The first-order valence-corrected chi connectivity index (χ1v) is 7.57. The second kappa shape index (κ2) is 4.99. The molecule has 1 aliphatic rings. The van der Waals surface area contributed by atoms with Crippen LogP contribution >= 0.6 is 10.7 Å². The quantitative estimate of drug-likeness (QED) is 0.780. The number of rotatable bonds is 4. The molecule has 90 valence electrons. The van der Waals surface area contributed by atoms with Crippen LogP contribution in [-0.2, 0) is 14.0 Å². The predicted octanol–water partition coefficient (Wildman–Crippen LogP) is 1.80. The SMILES string of the molecule is CCC1(CC)CC(NS(=O)(=O)Cl)CCO1. The summed E-state index contributed by atoms with van der Waals surface area (Å²) >= 11 is 0. The summed E-state index contributed by atoms with van der Waals surface area (Å²) in [6.45, 7) is 4.70. The lowest BCUT2D eigenvalue weighted by Gasteiger charge is -2.39. The van der Waals surface area contributed by atoms with Gasteiger partial charge < -0.3 is 4.74 Å². The molecule has 6 heteroatoms. The summed E-state index contributed by atoms with van der Waals surface area (Å²) in [5.41, 5.74) is -0.183. The van der Waals surface area contributed by atoms with Gasteiger partial charge in [0.25, 0.3) is 9.24 Å². The lowest BCUT2D eigenvalue weighted by Crippen LogP contribution is -2.47. The molecule has 1 rings (SSSR count). The maximum Gasteiger partial charge on any atom is 0.297 e. The van der Waals surface area contributed by atoms with Gasteiger partial charge in [-0.3, -0.25) is 0 Å². The van der Waals surface area contributed by atoms with Crippen molar-refractivity contribution in [1.82, 2.24) is 4.72 Å². The summed E-state index contributed by atoms with van der Waals surface area (Å²) in [5, 5.41) is 0. The van der Waals surface area contributed by atoms with E-state index in [4.69, 9.17) is 15.4 Å². The largest absolute Gasteiger partial charge is 0.375 e. The van der Waals surface area contributed by atoms with Crippen molar-refractivity contribution in [2.75, 3.05) is 6.61 Å². The molecule has 1 fully saturated rings. The third-order valence-corrected chi connectivity index (χ3v) is 3.97. The fraction of sp³-hybridized carbons (Fsp3) is 1.00. The first-order chi connectivity index (χ1) is 6.91. The monoisotopic (exact) mass is 255 g/mol. The number of nitrogens with one attached hydrogen (secondary N) is 1. The van der Waals surface area contributed by atoms with E-state index >= 15 is 0 Å². The van der Waals surface area contributed by atoms with Crippen LogP contribution < -0.4 is 4.72 Å². The van der Waals surface area contributed by atoms with Crippen LogP contribution in [0.1, 0.15) is 39.5 Å². The zero-order valence-electron chi connectivity index (χ0n) is 9.12. The Labute approximate surface area is 95.9 Å². The summed E-state index contributed by atoms with van der Waals surface area (Å²) < 4.78 is 30.0. The van der Waals surface area contributed by atoms with E-state index in [2.05, 4.69) is 18.6 Å². The molecule has 0 aromatic heterocycles. The smallest absolute Gasteiger partial charge is 0.297 e. The van der Waals surface area contributed by atoms with Crippen LogP contribution in [0.15, 0.2) is 0 Å². The van der Waals surface area contributed by atoms with E-state index in [1.54, 1.807) is 0 Å². The fourth-order valence-electron chi connectivity index (χ4n) is 2.07. The molecule has 4 nitrogen and oxygen atoms in total. The van der Waals surface area contributed by atoms with Gasteiger partial charge in [-0.1, -0.05) is 13.8 Å². The highest BCUT2D eigenvalue weighted by Gasteiger charge is 2.35. The van der Waals surface area contributed by atoms with E-state index in [9.17, 15) is 8.42 Å². The van der Waals surface area contributed by atoms with Gasteiger partial charge in [-0.05, 0) is 25.7 Å². The van der Waals surface area contributed by atoms with E-state index in [1.165, 1.54) is 0 Å². The summed E-state index contributed by atoms with van der Waals surface area (Å²) in [6, 6.07) is -0.0962. The van der Waals surface area contributed by atoms with Gasteiger partial charge in [0.15, 0.2) is 0 Å². The Balaban J connectivity index is 2.63. The molecule has 0 radical (unpaired) electrons. The van der Waals surface area contributed by atoms with Gasteiger partial charge in [-0.25, -0.2) is 0 Å². The molecule has 1 unspecified atom stereocenters. The van der Waals surface area contributed by atoms with Crippen molar-refractivity contribution in [3.8, 4) is 0 Å². The highest BCUT2D eigenvalue weighted by molar-refractivity contribution is 8.12. The maximum absolute atomic E-state index is 10.9. The highest BCUT2D eigenvalue weighted by Crippen LogP contribution is 2.31. The second-order valence-electron chi connectivity index (χ2n) is 3.98. The van der Waals surface area contributed by atoms with Crippen LogP contribution in [0.4, 0.5) is 0 Å².